The molecule has 0 atom stereocenters. The highest BCUT2D eigenvalue weighted by Gasteiger charge is 2.50. The van der Waals surface area contributed by atoms with Crippen LogP contribution >= 0.6 is 0 Å². The summed E-state index contributed by atoms with van der Waals surface area (Å²) in [5.41, 5.74) is 1.82. The van der Waals surface area contributed by atoms with Crippen LogP contribution in [0.15, 0.2) is 24.3 Å². The van der Waals surface area contributed by atoms with Gasteiger partial charge in [-0.15, -0.1) is 0 Å². The molecule has 1 amide bonds. The monoisotopic (exact) mass is 261 g/mol. The minimum absolute atomic E-state index is 0.158. The first kappa shape index (κ1) is 13.9. The third-order valence-corrected chi connectivity index (χ3v) is 3.59. The molecule has 0 heterocycles. The van der Waals surface area contributed by atoms with Gasteiger partial charge in [0.2, 0.25) is 0 Å². The first-order valence-corrected chi connectivity index (χ1v) is 6.79. The fourth-order valence-corrected chi connectivity index (χ4v) is 2.38. The van der Waals surface area contributed by atoms with Crippen LogP contribution in [0.25, 0.3) is 0 Å². The summed E-state index contributed by atoms with van der Waals surface area (Å²) in [6.45, 7) is 7.76. The predicted molar refractivity (Wildman–Crippen MR) is 76.1 cm³/mol. The fraction of sp³-hybridized carbons (Fsp3) is 0.562. The van der Waals surface area contributed by atoms with Gasteiger partial charge in [0.05, 0.1) is 5.54 Å². The van der Waals surface area contributed by atoms with Crippen LogP contribution in [0, 0.1) is 6.92 Å². The molecule has 1 aromatic rings. The van der Waals surface area contributed by atoms with Crippen molar-refractivity contribution in [1.82, 2.24) is 4.90 Å². The molecule has 1 aliphatic carbocycles. The van der Waals surface area contributed by atoms with Crippen LogP contribution in [0.5, 0.6) is 0 Å². The van der Waals surface area contributed by atoms with Crippen molar-refractivity contribution >= 4 is 6.09 Å². The number of hydrogen-bond donors (Lipinski definition) is 0. The van der Waals surface area contributed by atoms with E-state index in [9.17, 15) is 4.79 Å². The van der Waals surface area contributed by atoms with E-state index < -0.39 is 5.60 Å². The summed E-state index contributed by atoms with van der Waals surface area (Å²) in [4.78, 5) is 14.0. The maximum atomic E-state index is 12.2. The number of benzene rings is 1. The zero-order chi connectivity index (χ0) is 14.3. The number of carbonyl (C=O) groups is 1. The maximum absolute atomic E-state index is 12.2. The SMILES string of the molecule is Cc1cccc(C2(N(C)C(=O)OC(C)(C)C)CC2)c1. The second kappa shape index (κ2) is 4.55. The highest BCUT2D eigenvalue weighted by Crippen LogP contribution is 2.50. The van der Waals surface area contributed by atoms with Gasteiger partial charge in [0.1, 0.15) is 5.60 Å². The summed E-state index contributed by atoms with van der Waals surface area (Å²) in [7, 11) is 1.84. The van der Waals surface area contributed by atoms with E-state index >= 15 is 0 Å². The van der Waals surface area contributed by atoms with Crippen LogP contribution in [0.1, 0.15) is 44.7 Å². The summed E-state index contributed by atoms with van der Waals surface area (Å²) in [5.74, 6) is 0. The highest BCUT2D eigenvalue weighted by molar-refractivity contribution is 5.70. The second-order valence-corrected chi connectivity index (χ2v) is 6.44. The number of carbonyl (C=O) groups excluding carboxylic acids is 1. The Morgan fingerprint density at radius 3 is 2.42 bits per heavy atom. The molecular formula is C16H23NO2. The predicted octanol–water partition coefficient (Wildman–Crippen LogP) is 3.85. The van der Waals surface area contributed by atoms with Crippen LogP contribution < -0.4 is 0 Å². The summed E-state index contributed by atoms with van der Waals surface area (Å²) < 4.78 is 5.46. The third kappa shape index (κ3) is 2.91. The fourth-order valence-electron chi connectivity index (χ4n) is 2.38. The number of hydrogen-bond acceptors (Lipinski definition) is 2. The molecule has 0 aliphatic heterocycles. The Balaban J connectivity index is 2.19. The zero-order valence-electron chi connectivity index (χ0n) is 12.5. The summed E-state index contributed by atoms with van der Waals surface area (Å²) in [5, 5.41) is 0. The Hall–Kier alpha value is -1.51. The lowest BCUT2D eigenvalue weighted by atomic mass is 10.0. The lowest BCUT2D eigenvalue weighted by molar-refractivity contribution is 0.0190. The smallest absolute Gasteiger partial charge is 0.410 e. The van der Waals surface area contributed by atoms with Gasteiger partial charge in [0.25, 0.3) is 0 Å². The van der Waals surface area contributed by atoms with E-state index in [-0.39, 0.29) is 11.6 Å². The number of amides is 1. The average molecular weight is 261 g/mol. The molecule has 1 saturated carbocycles. The number of nitrogens with zero attached hydrogens (tertiary/aromatic N) is 1. The molecule has 1 fully saturated rings. The molecule has 0 radical (unpaired) electrons. The minimum Gasteiger partial charge on any atom is -0.444 e. The standard InChI is InChI=1S/C16H23NO2/c1-12-7-6-8-13(11-12)16(9-10-16)17(5)14(18)19-15(2,3)4/h6-8,11H,9-10H2,1-5H3. The van der Waals surface area contributed by atoms with Crippen molar-refractivity contribution in [2.45, 2.75) is 51.7 Å². The Bertz CT molecular complexity index is 484. The van der Waals surface area contributed by atoms with Gasteiger partial charge in [-0.2, -0.15) is 0 Å². The van der Waals surface area contributed by atoms with Crippen LogP contribution in [-0.2, 0) is 10.3 Å². The highest BCUT2D eigenvalue weighted by atomic mass is 16.6. The van der Waals surface area contributed by atoms with E-state index in [1.165, 1.54) is 11.1 Å². The van der Waals surface area contributed by atoms with Crippen molar-refractivity contribution in [2.75, 3.05) is 7.05 Å². The van der Waals surface area contributed by atoms with Gasteiger partial charge in [-0.25, -0.2) is 4.79 Å². The van der Waals surface area contributed by atoms with E-state index in [4.69, 9.17) is 4.74 Å². The molecule has 104 valence electrons. The van der Waals surface area contributed by atoms with Gasteiger partial charge in [-0.1, -0.05) is 29.8 Å². The average Bonchev–Trinajstić information content (AvgIpc) is 3.07. The van der Waals surface area contributed by atoms with Crippen molar-refractivity contribution in [3.63, 3.8) is 0 Å². The largest absolute Gasteiger partial charge is 0.444 e. The van der Waals surface area contributed by atoms with Gasteiger partial charge in [0, 0.05) is 7.05 Å². The number of ether oxygens (including phenoxy) is 1. The molecule has 0 unspecified atom stereocenters. The molecule has 0 saturated heterocycles. The van der Waals surface area contributed by atoms with Crippen molar-refractivity contribution in [2.24, 2.45) is 0 Å². The van der Waals surface area contributed by atoms with Gasteiger partial charge in [0.15, 0.2) is 0 Å². The lowest BCUT2D eigenvalue weighted by Crippen LogP contribution is -2.40. The van der Waals surface area contributed by atoms with Gasteiger partial charge in [-0.05, 0) is 46.1 Å². The van der Waals surface area contributed by atoms with Gasteiger partial charge < -0.3 is 9.64 Å². The van der Waals surface area contributed by atoms with Crippen molar-refractivity contribution < 1.29 is 9.53 Å². The molecule has 3 nitrogen and oxygen atoms in total. The van der Waals surface area contributed by atoms with Crippen LogP contribution in [0.4, 0.5) is 4.79 Å². The quantitative estimate of drug-likeness (QED) is 0.809. The summed E-state index contributed by atoms with van der Waals surface area (Å²) >= 11 is 0. The van der Waals surface area contributed by atoms with E-state index in [0.29, 0.717) is 0 Å². The lowest BCUT2D eigenvalue weighted by Gasteiger charge is -2.31. The van der Waals surface area contributed by atoms with Gasteiger partial charge in [-0.3, -0.25) is 0 Å². The first-order valence-electron chi connectivity index (χ1n) is 6.79. The Labute approximate surface area is 115 Å². The van der Waals surface area contributed by atoms with Crippen LogP contribution in [-0.4, -0.2) is 23.6 Å². The molecule has 1 aromatic carbocycles. The Morgan fingerprint density at radius 1 is 1.32 bits per heavy atom. The normalized spacial score (nSPS) is 16.9. The van der Waals surface area contributed by atoms with Crippen LogP contribution in [0.2, 0.25) is 0 Å². The third-order valence-electron chi connectivity index (χ3n) is 3.59. The van der Waals surface area contributed by atoms with E-state index in [2.05, 4.69) is 25.1 Å². The Morgan fingerprint density at radius 2 is 1.95 bits per heavy atom. The molecule has 1 aliphatic rings. The maximum Gasteiger partial charge on any atom is 0.410 e. The van der Waals surface area contributed by atoms with Gasteiger partial charge >= 0.3 is 6.09 Å². The van der Waals surface area contributed by atoms with Crippen molar-refractivity contribution in [3.8, 4) is 0 Å². The van der Waals surface area contributed by atoms with Crippen molar-refractivity contribution in [3.05, 3.63) is 35.4 Å². The minimum atomic E-state index is -0.450. The van der Waals surface area contributed by atoms with E-state index in [1.54, 1.807) is 4.90 Å². The molecule has 19 heavy (non-hydrogen) atoms. The molecule has 0 bridgehead atoms. The summed E-state index contributed by atoms with van der Waals surface area (Å²) in [6.07, 6.45) is 1.77. The molecular weight excluding hydrogens is 238 g/mol. The van der Waals surface area contributed by atoms with Crippen LogP contribution in [0.3, 0.4) is 0 Å². The van der Waals surface area contributed by atoms with E-state index in [1.807, 2.05) is 33.9 Å². The number of rotatable bonds is 2. The van der Waals surface area contributed by atoms with E-state index in [0.717, 1.165) is 12.8 Å². The molecule has 0 spiro atoms. The molecule has 0 aromatic heterocycles. The molecule has 3 heteroatoms. The molecule has 0 N–H and O–H groups in total. The zero-order valence-corrected chi connectivity index (χ0v) is 12.5. The number of aryl methyl sites for hydroxylation is 1. The summed E-state index contributed by atoms with van der Waals surface area (Å²) in [6, 6.07) is 8.38. The second-order valence-electron chi connectivity index (χ2n) is 6.44. The first-order chi connectivity index (χ1) is 8.74. The molecule has 2 rings (SSSR count). The topological polar surface area (TPSA) is 29.5 Å². The Kier molecular flexibility index (Phi) is 3.33. The van der Waals surface area contributed by atoms with Crippen molar-refractivity contribution in [1.29, 1.82) is 0 Å².